The van der Waals surface area contributed by atoms with Crippen molar-refractivity contribution >= 4 is 11.8 Å². The van der Waals surface area contributed by atoms with Crippen molar-refractivity contribution in [2.24, 2.45) is 0 Å². The molecule has 1 heterocycles. The Labute approximate surface area is 73.6 Å². The van der Waals surface area contributed by atoms with Crippen molar-refractivity contribution in [3.8, 4) is 6.07 Å². The number of hydrogen-bond acceptors (Lipinski definition) is 4. The summed E-state index contributed by atoms with van der Waals surface area (Å²) in [6, 6.07) is 3.27. The Kier molecular flexibility index (Phi) is 2.88. The van der Waals surface area contributed by atoms with E-state index in [1.165, 1.54) is 17.8 Å². The van der Waals surface area contributed by atoms with Crippen LogP contribution in [0.3, 0.4) is 0 Å². The first-order chi connectivity index (χ1) is 5.76. The zero-order chi connectivity index (χ0) is 8.97. The third kappa shape index (κ3) is 2.10. The number of hydrogen-bond donors (Lipinski definition) is 1. The molecule has 5 heteroatoms. The van der Waals surface area contributed by atoms with Crippen LogP contribution in [0.5, 0.6) is 0 Å². The van der Waals surface area contributed by atoms with E-state index in [1.807, 2.05) is 12.3 Å². The molecule has 0 aliphatic heterocycles. The Morgan fingerprint density at radius 3 is 3.17 bits per heavy atom. The molecule has 0 radical (unpaired) electrons. The molecule has 0 unspecified atom stereocenters. The van der Waals surface area contributed by atoms with Crippen molar-refractivity contribution in [2.45, 2.75) is 11.6 Å². The quantitative estimate of drug-likeness (QED) is 0.534. The van der Waals surface area contributed by atoms with Crippen LogP contribution in [-0.2, 0) is 6.42 Å². The lowest BCUT2D eigenvalue weighted by atomic mass is 10.3. The van der Waals surface area contributed by atoms with Gasteiger partial charge in [-0.1, -0.05) is 11.8 Å². The first-order valence-electron chi connectivity index (χ1n) is 3.27. The fraction of sp³-hybridized carbons (Fsp3) is 0.286. The third-order valence-corrected chi connectivity index (χ3v) is 1.81. The van der Waals surface area contributed by atoms with Gasteiger partial charge in [0.05, 0.1) is 18.2 Å². The molecular weight excluding hydrogens is 174 g/mol. The third-order valence-electron chi connectivity index (χ3n) is 1.23. The molecule has 62 valence electrons. The highest BCUT2D eigenvalue weighted by molar-refractivity contribution is 7.98. The SMILES string of the molecule is CSc1nc(CC#N)cc(=O)[nH]1. The average molecular weight is 181 g/mol. The molecule has 0 saturated carbocycles. The maximum atomic E-state index is 10.9. The highest BCUT2D eigenvalue weighted by atomic mass is 32.2. The van der Waals surface area contributed by atoms with Gasteiger partial charge in [-0.25, -0.2) is 4.98 Å². The van der Waals surface area contributed by atoms with E-state index in [2.05, 4.69) is 9.97 Å². The van der Waals surface area contributed by atoms with Crippen molar-refractivity contribution in [2.75, 3.05) is 6.26 Å². The van der Waals surface area contributed by atoms with E-state index in [-0.39, 0.29) is 12.0 Å². The molecule has 1 aromatic heterocycles. The number of H-pyrrole nitrogens is 1. The maximum absolute atomic E-state index is 10.9. The molecule has 0 aliphatic rings. The number of nitriles is 1. The van der Waals surface area contributed by atoms with Gasteiger partial charge >= 0.3 is 0 Å². The first kappa shape index (κ1) is 8.81. The summed E-state index contributed by atoms with van der Waals surface area (Å²) in [6.07, 6.45) is 1.99. The van der Waals surface area contributed by atoms with Crippen LogP contribution in [0.15, 0.2) is 16.0 Å². The van der Waals surface area contributed by atoms with E-state index in [0.717, 1.165) is 0 Å². The standard InChI is InChI=1S/C7H7N3OS/c1-12-7-9-5(2-3-8)4-6(11)10-7/h4H,2H2,1H3,(H,9,10,11). The minimum atomic E-state index is -0.209. The largest absolute Gasteiger partial charge is 0.301 e. The van der Waals surface area contributed by atoms with E-state index >= 15 is 0 Å². The maximum Gasteiger partial charge on any atom is 0.251 e. The number of rotatable bonds is 2. The molecular formula is C7H7N3OS. The first-order valence-corrected chi connectivity index (χ1v) is 4.50. The van der Waals surface area contributed by atoms with Crippen LogP contribution in [0.1, 0.15) is 5.69 Å². The molecule has 1 aromatic rings. The van der Waals surface area contributed by atoms with Crippen molar-refractivity contribution < 1.29 is 0 Å². The Hall–Kier alpha value is -1.28. The van der Waals surface area contributed by atoms with Gasteiger partial charge in [-0.3, -0.25) is 4.79 Å². The number of nitrogens with one attached hydrogen (secondary N) is 1. The second-order valence-electron chi connectivity index (χ2n) is 2.08. The number of nitrogens with zero attached hydrogens (tertiary/aromatic N) is 2. The van der Waals surface area contributed by atoms with Crippen molar-refractivity contribution in [3.05, 3.63) is 22.1 Å². The second kappa shape index (κ2) is 3.93. The van der Waals surface area contributed by atoms with Gasteiger partial charge in [-0.2, -0.15) is 5.26 Å². The van der Waals surface area contributed by atoms with Gasteiger partial charge in [0.15, 0.2) is 5.16 Å². The van der Waals surface area contributed by atoms with Crippen LogP contribution < -0.4 is 5.56 Å². The van der Waals surface area contributed by atoms with E-state index in [9.17, 15) is 4.79 Å². The Morgan fingerprint density at radius 2 is 2.58 bits per heavy atom. The van der Waals surface area contributed by atoms with E-state index in [4.69, 9.17) is 5.26 Å². The van der Waals surface area contributed by atoms with Crippen molar-refractivity contribution in [3.63, 3.8) is 0 Å². The monoisotopic (exact) mass is 181 g/mol. The molecule has 12 heavy (non-hydrogen) atoms. The van der Waals surface area contributed by atoms with E-state index in [0.29, 0.717) is 10.9 Å². The summed E-state index contributed by atoms with van der Waals surface area (Å²) in [5.74, 6) is 0. The molecule has 0 bridgehead atoms. The van der Waals surface area contributed by atoms with Gasteiger partial charge in [-0.15, -0.1) is 0 Å². The van der Waals surface area contributed by atoms with E-state index < -0.39 is 0 Å². The van der Waals surface area contributed by atoms with Crippen molar-refractivity contribution in [1.29, 1.82) is 5.26 Å². The average Bonchev–Trinajstić information content (AvgIpc) is 2.04. The molecule has 0 saturated heterocycles. The molecule has 0 aliphatic carbocycles. The van der Waals surface area contributed by atoms with Crippen LogP contribution in [0.2, 0.25) is 0 Å². The smallest absolute Gasteiger partial charge is 0.251 e. The molecule has 0 spiro atoms. The summed E-state index contributed by atoms with van der Waals surface area (Å²) in [5.41, 5.74) is 0.310. The Balaban J connectivity index is 3.08. The van der Waals surface area contributed by atoms with Gasteiger partial charge in [0.2, 0.25) is 0 Å². The summed E-state index contributed by atoms with van der Waals surface area (Å²) in [7, 11) is 0. The summed E-state index contributed by atoms with van der Waals surface area (Å²) < 4.78 is 0. The molecule has 1 rings (SSSR count). The zero-order valence-corrected chi connectivity index (χ0v) is 7.31. The summed E-state index contributed by atoms with van der Waals surface area (Å²) in [6.45, 7) is 0. The van der Waals surface area contributed by atoms with E-state index in [1.54, 1.807) is 0 Å². The van der Waals surface area contributed by atoms with Crippen LogP contribution in [0.4, 0.5) is 0 Å². The molecule has 0 fully saturated rings. The van der Waals surface area contributed by atoms with Crippen LogP contribution >= 0.6 is 11.8 Å². The van der Waals surface area contributed by atoms with Crippen LogP contribution in [-0.4, -0.2) is 16.2 Å². The van der Waals surface area contributed by atoms with Gasteiger partial charge in [0.25, 0.3) is 5.56 Å². The molecule has 4 nitrogen and oxygen atoms in total. The lowest BCUT2D eigenvalue weighted by Crippen LogP contribution is -2.09. The zero-order valence-electron chi connectivity index (χ0n) is 6.50. The number of thioether (sulfide) groups is 1. The van der Waals surface area contributed by atoms with Gasteiger partial charge in [0, 0.05) is 6.07 Å². The van der Waals surface area contributed by atoms with Crippen LogP contribution in [0.25, 0.3) is 0 Å². The lowest BCUT2D eigenvalue weighted by Gasteiger charge is -1.96. The predicted octanol–water partition coefficient (Wildman–Crippen LogP) is 0.558. The molecule has 1 N–H and O–H groups in total. The Morgan fingerprint density at radius 1 is 1.83 bits per heavy atom. The van der Waals surface area contributed by atoms with Gasteiger partial charge in [0.1, 0.15) is 0 Å². The minimum absolute atomic E-state index is 0.178. The lowest BCUT2D eigenvalue weighted by molar-refractivity contribution is 0.890. The van der Waals surface area contributed by atoms with Gasteiger partial charge < -0.3 is 4.98 Å². The highest BCUT2D eigenvalue weighted by Gasteiger charge is 1.98. The number of aromatic nitrogens is 2. The van der Waals surface area contributed by atoms with Crippen LogP contribution in [0, 0.1) is 11.3 Å². The molecule has 0 aromatic carbocycles. The number of aromatic amines is 1. The fourth-order valence-electron chi connectivity index (χ4n) is 0.752. The molecule has 0 atom stereocenters. The second-order valence-corrected chi connectivity index (χ2v) is 2.88. The topological polar surface area (TPSA) is 69.5 Å². The summed E-state index contributed by atoms with van der Waals surface area (Å²) in [4.78, 5) is 17.5. The summed E-state index contributed by atoms with van der Waals surface area (Å²) >= 11 is 1.35. The predicted molar refractivity (Wildman–Crippen MR) is 46.0 cm³/mol. The fourth-order valence-corrected chi connectivity index (χ4v) is 1.16. The molecule has 0 amide bonds. The van der Waals surface area contributed by atoms with Crippen molar-refractivity contribution in [1.82, 2.24) is 9.97 Å². The van der Waals surface area contributed by atoms with Gasteiger partial charge in [-0.05, 0) is 6.26 Å². The summed E-state index contributed by atoms with van der Waals surface area (Å²) in [5, 5.41) is 8.91. The normalized spacial score (nSPS) is 9.33. The Bertz CT molecular complexity index is 366. The minimum Gasteiger partial charge on any atom is -0.301 e. The highest BCUT2D eigenvalue weighted by Crippen LogP contribution is 2.05.